The third-order valence-electron chi connectivity index (χ3n) is 4.91. The molecule has 36 heavy (non-hydrogen) atoms. The topological polar surface area (TPSA) is 109 Å². The molecule has 0 bridgehead atoms. The van der Waals surface area contributed by atoms with Gasteiger partial charge in [0.1, 0.15) is 24.0 Å². The highest BCUT2D eigenvalue weighted by atomic mass is 19.1. The first-order chi connectivity index (χ1) is 17.4. The first kappa shape index (κ1) is 26.3. The Labute approximate surface area is 206 Å². The van der Waals surface area contributed by atoms with Gasteiger partial charge >= 0.3 is 6.09 Å². The van der Waals surface area contributed by atoms with Gasteiger partial charge in [-0.15, -0.1) is 0 Å². The van der Waals surface area contributed by atoms with Crippen molar-refractivity contribution in [3.63, 3.8) is 0 Å². The summed E-state index contributed by atoms with van der Waals surface area (Å²) < 4.78 is 38.8. The van der Waals surface area contributed by atoms with E-state index in [2.05, 4.69) is 15.6 Å². The molecule has 188 valence electrons. The molecule has 3 aromatic rings. The number of ether oxygens (including phenoxy) is 2. The maximum Gasteiger partial charge on any atom is 0.412 e. The van der Waals surface area contributed by atoms with Crippen LogP contribution in [0.25, 0.3) is 0 Å². The van der Waals surface area contributed by atoms with E-state index in [1.54, 1.807) is 31.2 Å². The number of carbonyl (C=O) groups excluding carboxylic acids is 2. The number of benzene rings is 3. The van der Waals surface area contributed by atoms with E-state index in [0.717, 1.165) is 17.7 Å². The van der Waals surface area contributed by atoms with E-state index in [1.807, 2.05) is 30.3 Å². The largest absolute Gasteiger partial charge is 0.508 e. The molecule has 0 fully saturated rings. The molecule has 1 atom stereocenters. The summed E-state index contributed by atoms with van der Waals surface area (Å²) in [5.74, 6) is -3.49. The Hall–Kier alpha value is -4.31. The fourth-order valence-electron chi connectivity index (χ4n) is 3.18. The van der Waals surface area contributed by atoms with E-state index >= 15 is 0 Å². The van der Waals surface area contributed by atoms with Crippen LogP contribution in [0, 0.1) is 11.6 Å². The molecule has 10 heteroatoms. The molecule has 0 aliphatic heterocycles. The third kappa shape index (κ3) is 7.60. The number of hydrogen-bond acceptors (Lipinski definition) is 6. The fraction of sp³-hybridized carbons (Fsp3) is 0.192. The second-order valence-electron chi connectivity index (χ2n) is 7.51. The first-order valence-electron chi connectivity index (χ1n) is 11.0. The van der Waals surface area contributed by atoms with Gasteiger partial charge < -0.3 is 19.9 Å². The third-order valence-corrected chi connectivity index (χ3v) is 4.91. The molecule has 0 radical (unpaired) electrons. The predicted octanol–water partition coefficient (Wildman–Crippen LogP) is 4.65. The zero-order chi connectivity index (χ0) is 25.9. The van der Waals surface area contributed by atoms with Crippen molar-refractivity contribution in [2.45, 2.75) is 26.2 Å². The standard InChI is InChI=1S/C26H25F2N3O5/c1-2-35-24(23-21(27)12-20(32)13-22(23)28)25(33)29-14-17-8-10-19(11-9-17)30-16-31-26(34)36-15-18-6-4-3-5-7-18/h3-13,16,24,32H,2,14-15H2,1H3,(H,29,33)(H,30,31,34). The molecule has 0 spiro atoms. The minimum Gasteiger partial charge on any atom is -0.508 e. The minimum atomic E-state index is -1.52. The SMILES string of the molecule is CCOC(C(=O)NCc1ccc(/N=C/NC(=O)OCc2ccccc2)cc1)c1c(F)cc(O)cc1F. The molecule has 3 N–H and O–H groups in total. The molecule has 2 amide bonds. The summed E-state index contributed by atoms with van der Waals surface area (Å²) in [7, 11) is 0. The van der Waals surface area contributed by atoms with Crippen molar-refractivity contribution in [3.8, 4) is 5.75 Å². The molecule has 0 heterocycles. The lowest BCUT2D eigenvalue weighted by atomic mass is 10.1. The lowest BCUT2D eigenvalue weighted by Gasteiger charge is -2.18. The van der Waals surface area contributed by atoms with Gasteiger partial charge in [-0.1, -0.05) is 42.5 Å². The molecule has 3 rings (SSSR count). The second-order valence-corrected chi connectivity index (χ2v) is 7.51. The van der Waals surface area contributed by atoms with Crippen LogP contribution in [0.1, 0.15) is 29.7 Å². The van der Waals surface area contributed by atoms with Crippen molar-refractivity contribution in [1.82, 2.24) is 10.6 Å². The predicted molar refractivity (Wildman–Crippen MR) is 129 cm³/mol. The van der Waals surface area contributed by atoms with Gasteiger partial charge in [0.15, 0.2) is 6.10 Å². The van der Waals surface area contributed by atoms with Crippen molar-refractivity contribution in [3.05, 3.63) is 95.1 Å². The Bertz CT molecular complexity index is 1180. The van der Waals surface area contributed by atoms with E-state index in [1.165, 1.54) is 6.34 Å². The average molecular weight is 497 g/mol. The number of halogens is 2. The summed E-state index contributed by atoms with van der Waals surface area (Å²) in [6.45, 7) is 1.83. The Kier molecular flexibility index (Phi) is 9.47. The fourth-order valence-corrected chi connectivity index (χ4v) is 3.18. The highest BCUT2D eigenvalue weighted by Gasteiger charge is 2.28. The van der Waals surface area contributed by atoms with E-state index in [4.69, 9.17) is 9.47 Å². The second kappa shape index (κ2) is 13.0. The summed E-state index contributed by atoms with van der Waals surface area (Å²) in [4.78, 5) is 28.5. The smallest absolute Gasteiger partial charge is 0.412 e. The van der Waals surface area contributed by atoms with Gasteiger partial charge in [-0.3, -0.25) is 10.1 Å². The molecular weight excluding hydrogens is 472 g/mol. The van der Waals surface area contributed by atoms with E-state index < -0.39 is 41.1 Å². The molecule has 8 nitrogen and oxygen atoms in total. The van der Waals surface area contributed by atoms with Gasteiger partial charge in [0.25, 0.3) is 5.91 Å². The molecule has 1 unspecified atom stereocenters. The number of aliphatic imine (C=N–C) groups is 1. The van der Waals surface area contributed by atoms with Gasteiger partial charge in [-0.2, -0.15) is 0 Å². The number of aromatic hydroxyl groups is 1. The Morgan fingerprint density at radius 2 is 1.69 bits per heavy atom. The van der Waals surface area contributed by atoms with E-state index in [0.29, 0.717) is 11.3 Å². The summed E-state index contributed by atoms with van der Waals surface area (Å²) in [5.41, 5.74) is 1.51. The summed E-state index contributed by atoms with van der Waals surface area (Å²) >= 11 is 0. The normalized spacial score (nSPS) is 11.8. The Balaban J connectivity index is 1.51. The molecule has 0 aliphatic carbocycles. The van der Waals surface area contributed by atoms with Crippen molar-refractivity contribution >= 4 is 24.0 Å². The zero-order valence-corrected chi connectivity index (χ0v) is 19.4. The van der Waals surface area contributed by atoms with Crippen LogP contribution in [0.5, 0.6) is 5.75 Å². The van der Waals surface area contributed by atoms with E-state index in [-0.39, 0.29) is 19.8 Å². The van der Waals surface area contributed by atoms with E-state index in [9.17, 15) is 23.5 Å². The van der Waals surface area contributed by atoms with Crippen LogP contribution >= 0.6 is 0 Å². The van der Waals surface area contributed by atoms with Crippen molar-refractivity contribution < 1.29 is 33.0 Å². The quantitative estimate of drug-likeness (QED) is 0.279. The number of nitrogens with one attached hydrogen (secondary N) is 2. The first-order valence-corrected chi connectivity index (χ1v) is 11.0. The summed E-state index contributed by atoms with van der Waals surface area (Å²) in [5, 5.41) is 14.3. The van der Waals surface area contributed by atoms with Crippen LogP contribution in [-0.4, -0.2) is 30.1 Å². The molecule has 0 aliphatic rings. The maximum absolute atomic E-state index is 14.2. The Morgan fingerprint density at radius 3 is 2.33 bits per heavy atom. The van der Waals surface area contributed by atoms with Gasteiger partial charge in [0.2, 0.25) is 0 Å². The van der Waals surface area contributed by atoms with Gasteiger partial charge in [0.05, 0.1) is 17.6 Å². The number of rotatable bonds is 10. The van der Waals surface area contributed by atoms with Crippen LogP contribution in [-0.2, 0) is 27.4 Å². The number of amides is 2. The van der Waals surface area contributed by atoms with Crippen LogP contribution in [0.15, 0.2) is 71.7 Å². The number of nitrogens with zero attached hydrogens (tertiary/aromatic N) is 1. The zero-order valence-electron chi connectivity index (χ0n) is 19.4. The van der Waals surface area contributed by atoms with Crippen molar-refractivity contribution in [1.29, 1.82) is 0 Å². The average Bonchev–Trinajstić information content (AvgIpc) is 2.86. The summed E-state index contributed by atoms with van der Waals surface area (Å²) in [6.07, 6.45) is -0.961. The number of phenolic OH excluding ortho intramolecular Hbond substituents is 1. The lowest BCUT2D eigenvalue weighted by molar-refractivity contribution is -0.133. The van der Waals surface area contributed by atoms with Crippen LogP contribution in [0.3, 0.4) is 0 Å². The summed E-state index contributed by atoms with van der Waals surface area (Å²) in [6, 6.07) is 17.4. The molecular formula is C26H25F2N3O5. The van der Waals surface area contributed by atoms with Gasteiger partial charge in [-0.05, 0) is 30.2 Å². The molecule has 3 aromatic carbocycles. The number of carbonyl (C=O) groups is 2. The number of hydrogen-bond donors (Lipinski definition) is 3. The maximum atomic E-state index is 14.2. The molecule has 0 saturated heterocycles. The van der Waals surface area contributed by atoms with Crippen LogP contribution in [0.2, 0.25) is 0 Å². The molecule has 0 saturated carbocycles. The van der Waals surface area contributed by atoms with Crippen molar-refractivity contribution in [2.75, 3.05) is 6.61 Å². The highest BCUT2D eigenvalue weighted by molar-refractivity contribution is 5.83. The lowest BCUT2D eigenvalue weighted by Crippen LogP contribution is -2.31. The number of phenols is 1. The van der Waals surface area contributed by atoms with Crippen LogP contribution < -0.4 is 10.6 Å². The van der Waals surface area contributed by atoms with Crippen molar-refractivity contribution in [2.24, 2.45) is 4.99 Å². The van der Waals surface area contributed by atoms with Crippen LogP contribution in [0.4, 0.5) is 19.3 Å². The van der Waals surface area contributed by atoms with Gasteiger partial charge in [0, 0.05) is 25.3 Å². The van der Waals surface area contributed by atoms with Gasteiger partial charge in [-0.25, -0.2) is 18.6 Å². The highest BCUT2D eigenvalue weighted by Crippen LogP contribution is 2.28. The minimum absolute atomic E-state index is 0.0401. The molecule has 0 aromatic heterocycles. The Morgan fingerprint density at radius 1 is 1.03 bits per heavy atom. The monoisotopic (exact) mass is 497 g/mol. The number of alkyl carbamates (subject to hydrolysis) is 1.